The number of ether oxygens (including phenoxy) is 1. The molecular weight excluding hydrogens is 338 g/mol. The summed E-state index contributed by atoms with van der Waals surface area (Å²) >= 11 is 5.95. The second-order valence-electron chi connectivity index (χ2n) is 6.95. The van der Waals surface area contributed by atoms with Crippen LogP contribution in [0, 0.1) is 5.92 Å². The predicted octanol–water partition coefficient (Wildman–Crippen LogP) is 2.00. The molecule has 6 heteroatoms. The van der Waals surface area contributed by atoms with E-state index in [9.17, 15) is 4.79 Å². The van der Waals surface area contributed by atoms with Gasteiger partial charge >= 0.3 is 0 Å². The molecule has 2 fully saturated rings. The van der Waals surface area contributed by atoms with Crippen LogP contribution in [0.4, 0.5) is 0 Å². The summed E-state index contributed by atoms with van der Waals surface area (Å²) in [4.78, 5) is 17.2. The number of nitrogens with one attached hydrogen (secondary N) is 1. The molecule has 0 bridgehead atoms. The number of hydrogen-bond acceptors (Lipinski definition) is 4. The lowest BCUT2D eigenvalue weighted by molar-refractivity contribution is -0.126. The summed E-state index contributed by atoms with van der Waals surface area (Å²) in [6.45, 7) is 7.96. The fourth-order valence-corrected chi connectivity index (χ4v) is 3.69. The average Bonchev–Trinajstić information content (AvgIpc) is 2.65. The molecule has 0 unspecified atom stereocenters. The molecule has 1 amide bonds. The van der Waals surface area contributed by atoms with Crippen LogP contribution in [-0.4, -0.2) is 68.2 Å². The van der Waals surface area contributed by atoms with Crippen LogP contribution >= 0.6 is 11.6 Å². The molecule has 1 atom stereocenters. The highest BCUT2D eigenvalue weighted by Crippen LogP contribution is 2.19. The van der Waals surface area contributed by atoms with E-state index in [0.717, 1.165) is 76.9 Å². The van der Waals surface area contributed by atoms with Crippen LogP contribution in [-0.2, 0) is 16.1 Å². The maximum atomic E-state index is 12.5. The monoisotopic (exact) mass is 365 g/mol. The number of hydrogen-bond donors (Lipinski definition) is 1. The second-order valence-corrected chi connectivity index (χ2v) is 7.38. The van der Waals surface area contributed by atoms with Gasteiger partial charge < -0.3 is 10.1 Å². The van der Waals surface area contributed by atoms with Gasteiger partial charge in [0.25, 0.3) is 0 Å². The molecule has 5 nitrogen and oxygen atoms in total. The van der Waals surface area contributed by atoms with Crippen molar-refractivity contribution in [3.63, 3.8) is 0 Å². The van der Waals surface area contributed by atoms with Crippen molar-refractivity contribution in [1.82, 2.24) is 15.1 Å². The molecule has 0 aliphatic carbocycles. The van der Waals surface area contributed by atoms with Crippen LogP contribution in [0.2, 0.25) is 5.02 Å². The van der Waals surface area contributed by atoms with Crippen LogP contribution in [0.3, 0.4) is 0 Å². The SMILES string of the molecule is O=C(NCCN1CCOCC1)[C@@H]1CCCN(Cc2ccc(Cl)cc2)C1. The highest BCUT2D eigenvalue weighted by atomic mass is 35.5. The summed E-state index contributed by atoms with van der Waals surface area (Å²) in [7, 11) is 0. The predicted molar refractivity (Wildman–Crippen MR) is 99.7 cm³/mol. The minimum atomic E-state index is 0.103. The van der Waals surface area contributed by atoms with Crippen molar-refractivity contribution in [2.75, 3.05) is 52.5 Å². The van der Waals surface area contributed by atoms with Crippen molar-refractivity contribution in [2.24, 2.45) is 5.92 Å². The van der Waals surface area contributed by atoms with Gasteiger partial charge in [-0.25, -0.2) is 0 Å². The second kappa shape index (κ2) is 9.53. The van der Waals surface area contributed by atoms with Gasteiger partial charge in [-0.05, 0) is 37.1 Å². The van der Waals surface area contributed by atoms with Gasteiger partial charge in [-0.3, -0.25) is 14.6 Å². The number of likely N-dealkylation sites (tertiary alicyclic amines) is 1. The Labute approximate surface area is 155 Å². The first-order chi connectivity index (χ1) is 12.2. The minimum absolute atomic E-state index is 0.103. The van der Waals surface area contributed by atoms with Gasteiger partial charge in [0.1, 0.15) is 0 Å². The Kier molecular flexibility index (Phi) is 7.11. The van der Waals surface area contributed by atoms with E-state index in [2.05, 4.69) is 27.2 Å². The topological polar surface area (TPSA) is 44.8 Å². The smallest absolute Gasteiger partial charge is 0.224 e. The number of nitrogens with zero attached hydrogens (tertiary/aromatic N) is 2. The van der Waals surface area contributed by atoms with E-state index in [4.69, 9.17) is 16.3 Å². The van der Waals surface area contributed by atoms with Crippen LogP contribution in [0.5, 0.6) is 0 Å². The van der Waals surface area contributed by atoms with Gasteiger partial charge in [0.2, 0.25) is 5.91 Å². The Balaban J connectivity index is 1.40. The molecule has 2 heterocycles. The highest BCUT2D eigenvalue weighted by Gasteiger charge is 2.25. The molecule has 1 aromatic rings. The summed E-state index contributed by atoms with van der Waals surface area (Å²) in [5, 5.41) is 3.89. The summed E-state index contributed by atoms with van der Waals surface area (Å²) in [6.07, 6.45) is 2.07. The van der Waals surface area contributed by atoms with Gasteiger partial charge in [0.15, 0.2) is 0 Å². The first kappa shape index (κ1) is 18.6. The number of amides is 1. The van der Waals surface area contributed by atoms with E-state index in [-0.39, 0.29) is 11.8 Å². The Morgan fingerprint density at radius 2 is 1.92 bits per heavy atom. The largest absolute Gasteiger partial charge is 0.379 e. The van der Waals surface area contributed by atoms with Crippen molar-refractivity contribution in [1.29, 1.82) is 0 Å². The summed E-state index contributed by atoms with van der Waals surface area (Å²) in [5.41, 5.74) is 1.25. The van der Waals surface area contributed by atoms with Crippen molar-refractivity contribution < 1.29 is 9.53 Å². The Morgan fingerprint density at radius 3 is 2.68 bits per heavy atom. The van der Waals surface area contributed by atoms with Crippen LogP contribution in [0.15, 0.2) is 24.3 Å². The number of benzene rings is 1. The number of piperidine rings is 1. The zero-order valence-electron chi connectivity index (χ0n) is 14.8. The lowest BCUT2D eigenvalue weighted by Gasteiger charge is -2.32. The fraction of sp³-hybridized carbons (Fsp3) is 0.632. The molecule has 2 saturated heterocycles. The molecule has 25 heavy (non-hydrogen) atoms. The highest BCUT2D eigenvalue weighted by molar-refractivity contribution is 6.30. The zero-order valence-corrected chi connectivity index (χ0v) is 15.5. The van der Waals surface area contributed by atoms with Gasteiger partial charge in [0.05, 0.1) is 19.1 Å². The third-order valence-electron chi connectivity index (χ3n) is 5.03. The van der Waals surface area contributed by atoms with Gasteiger partial charge in [-0.15, -0.1) is 0 Å². The molecule has 0 radical (unpaired) electrons. The van der Waals surface area contributed by atoms with Crippen LogP contribution in [0.1, 0.15) is 18.4 Å². The van der Waals surface area contributed by atoms with Crippen molar-refractivity contribution in [2.45, 2.75) is 19.4 Å². The maximum Gasteiger partial charge on any atom is 0.224 e. The number of carbonyl (C=O) groups is 1. The van der Waals surface area contributed by atoms with Gasteiger partial charge in [0, 0.05) is 44.3 Å². The van der Waals surface area contributed by atoms with E-state index < -0.39 is 0 Å². The standard InChI is InChI=1S/C19H28ClN3O2/c20-18-5-3-16(4-6-18)14-23-8-1-2-17(15-23)19(24)21-7-9-22-10-12-25-13-11-22/h3-6,17H,1-2,7-15H2,(H,21,24)/t17-/m1/s1. The summed E-state index contributed by atoms with van der Waals surface area (Å²) in [5.74, 6) is 0.305. The fourth-order valence-electron chi connectivity index (χ4n) is 3.57. The average molecular weight is 366 g/mol. The van der Waals surface area contributed by atoms with Crippen LogP contribution in [0.25, 0.3) is 0 Å². The number of carbonyl (C=O) groups excluding carboxylic acids is 1. The van der Waals surface area contributed by atoms with Crippen molar-refractivity contribution >= 4 is 17.5 Å². The number of morpholine rings is 1. The summed E-state index contributed by atoms with van der Waals surface area (Å²) < 4.78 is 5.35. The van der Waals surface area contributed by atoms with Crippen molar-refractivity contribution in [3.8, 4) is 0 Å². The third-order valence-corrected chi connectivity index (χ3v) is 5.28. The molecular formula is C19H28ClN3O2. The zero-order chi connectivity index (χ0) is 17.5. The van der Waals surface area contributed by atoms with E-state index in [1.165, 1.54) is 5.56 Å². The van der Waals surface area contributed by atoms with E-state index in [0.29, 0.717) is 0 Å². The molecule has 3 rings (SSSR count). The van der Waals surface area contributed by atoms with Gasteiger partial charge in [-0.2, -0.15) is 0 Å². The molecule has 0 saturated carbocycles. The Bertz CT molecular complexity index is 546. The lowest BCUT2D eigenvalue weighted by Crippen LogP contribution is -2.45. The number of rotatable bonds is 6. The first-order valence-corrected chi connectivity index (χ1v) is 9.63. The molecule has 2 aliphatic rings. The molecule has 138 valence electrons. The molecule has 0 aromatic heterocycles. The Hall–Kier alpha value is -1.14. The van der Waals surface area contributed by atoms with E-state index >= 15 is 0 Å². The number of halogens is 1. The lowest BCUT2D eigenvalue weighted by atomic mass is 9.96. The molecule has 0 spiro atoms. The van der Waals surface area contributed by atoms with E-state index in [1.807, 2.05) is 12.1 Å². The van der Waals surface area contributed by atoms with Crippen LogP contribution < -0.4 is 5.32 Å². The maximum absolute atomic E-state index is 12.5. The molecule has 1 aromatic carbocycles. The quantitative estimate of drug-likeness (QED) is 0.837. The van der Waals surface area contributed by atoms with E-state index in [1.54, 1.807) is 0 Å². The molecule has 2 aliphatic heterocycles. The Morgan fingerprint density at radius 1 is 1.16 bits per heavy atom. The third kappa shape index (κ3) is 5.96. The molecule has 1 N–H and O–H groups in total. The van der Waals surface area contributed by atoms with Gasteiger partial charge in [-0.1, -0.05) is 23.7 Å². The normalized spacial score (nSPS) is 22.7. The first-order valence-electron chi connectivity index (χ1n) is 9.25. The summed E-state index contributed by atoms with van der Waals surface area (Å²) in [6, 6.07) is 7.98. The minimum Gasteiger partial charge on any atom is -0.379 e. The van der Waals surface area contributed by atoms with Crippen molar-refractivity contribution in [3.05, 3.63) is 34.9 Å².